The standard InChI is InChI=1S/C20H40Br2O/c1-5-7-9-11-13-15-19(17(3)21)23-20(18(4)22)16-14-12-10-8-6-2/h17-20H,5-16H2,1-4H3. The average molecular weight is 456 g/mol. The Morgan fingerprint density at radius 2 is 0.957 bits per heavy atom. The van der Waals surface area contributed by atoms with Gasteiger partial charge >= 0.3 is 0 Å². The Bertz CT molecular complexity index is 220. The molecule has 0 heterocycles. The second-order valence-corrected chi connectivity index (χ2v) is 9.86. The summed E-state index contributed by atoms with van der Waals surface area (Å²) in [6.45, 7) is 9.01. The molecule has 1 nitrogen and oxygen atoms in total. The minimum atomic E-state index is 0.345. The molecule has 0 saturated heterocycles. The SMILES string of the molecule is CCCCCCCC(OC(CCCCCCC)C(C)Br)C(C)Br. The van der Waals surface area contributed by atoms with Crippen LogP contribution in [0.25, 0.3) is 0 Å². The largest absolute Gasteiger partial charge is 0.373 e. The molecule has 0 saturated carbocycles. The van der Waals surface area contributed by atoms with E-state index < -0.39 is 0 Å². The smallest absolute Gasteiger partial charge is 0.0701 e. The van der Waals surface area contributed by atoms with Gasteiger partial charge in [0, 0.05) is 9.65 Å². The molecule has 0 rings (SSSR count). The normalized spacial score (nSPS) is 17.0. The van der Waals surface area contributed by atoms with Gasteiger partial charge in [-0.1, -0.05) is 124 Å². The van der Waals surface area contributed by atoms with Crippen LogP contribution in [0.15, 0.2) is 0 Å². The van der Waals surface area contributed by atoms with Crippen molar-refractivity contribution < 1.29 is 4.74 Å². The number of halogens is 2. The Balaban J connectivity index is 4.14. The molecule has 0 aromatic heterocycles. The van der Waals surface area contributed by atoms with Gasteiger partial charge in [-0.05, 0) is 12.8 Å². The van der Waals surface area contributed by atoms with Gasteiger partial charge in [-0.25, -0.2) is 0 Å². The van der Waals surface area contributed by atoms with Crippen molar-refractivity contribution >= 4 is 31.9 Å². The van der Waals surface area contributed by atoms with Gasteiger partial charge < -0.3 is 4.74 Å². The van der Waals surface area contributed by atoms with Crippen LogP contribution >= 0.6 is 31.9 Å². The van der Waals surface area contributed by atoms with Crippen LogP contribution in [0.5, 0.6) is 0 Å². The Morgan fingerprint density at radius 3 is 1.26 bits per heavy atom. The van der Waals surface area contributed by atoms with Gasteiger partial charge in [0.05, 0.1) is 12.2 Å². The number of unbranched alkanes of at least 4 members (excludes halogenated alkanes) is 8. The fraction of sp³-hybridized carbons (Fsp3) is 1.00. The van der Waals surface area contributed by atoms with Gasteiger partial charge in [0.1, 0.15) is 0 Å². The lowest BCUT2D eigenvalue weighted by Gasteiger charge is -2.29. The van der Waals surface area contributed by atoms with Crippen LogP contribution in [0, 0.1) is 0 Å². The van der Waals surface area contributed by atoms with Crippen LogP contribution in [0.1, 0.15) is 105 Å². The second-order valence-electron chi connectivity index (χ2n) is 6.97. The van der Waals surface area contributed by atoms with E-state index in [-0.39, 0.29) is 0 Å². The lowest BCUT2D eigenvalue weighted by atomic mass is 10.0. The predicted molar refractivity (Wildman–Crippen MR) is 112 cm³/mol. The maximum absolute atomic E-state index is 6.49. The molecule has 0 aliphatic carbocycles. The van der Waals surface area contributed by atoms with Crippen molar-refractivity contribution in [3.8, 4) is 0 Å². The molecule has 0 N–H and O–H groups in total. The molecule has 0 spiro atoms. The summed E-state index contributed by atoms with van der Waals surface area (Å²) in [4.78, 5) is 0.866. The molecule has 0 radical (unpaired) electrons. The first-order valence-corrected chi connectivity index (χ1v) is 11.8. The van der Waals surface area contributed by atoms with E-state index in [4.69, 9.17) is 4.74 Å². The molecule has 4 atom stereocenters. The first kappa shape index (κ1) is 23.9. The molecule has 0 fully saturated rings. The summed E-state index contributed by atoms with van der Waals surface area (Å²) in [5, 5.41) is 0. The summed E-state index contributed by atoms with van der Waals surface area (Å²) >= 11 is 7.53. The van der Waals surface area contributed by atoms with E-state index in [2.05, 4.69) is 59.6 Å². The quantitative estimate of drug-likeness (QED) is 0.169. The molecule has 0 aromatic rings. The van der Waals surface area contributed by atoms with Gasteiger partial charge in [0.25, 0.3) is 0 Å². The van der Waals surface area contributed by atoms with E-state index in [1.807, 2.05) is 0 Å². The van der Waals surface area contributed by atoms with Crippen molar-refractivity contribution in [2.75, 3.05) is 0 Å². The van der Waals surface area contributed by atoms with Gasteiger partial charge in [-0.2, -0.15) is 0 Å². The number of hydrogen-bond acceptors (Lipinski definition) is 1. The lowest BCUT2D eigenvalue weighted by Crippen LogP contribution is -2.32. The molecule has 0 amide bonds. The highest BCUT2D eigenvalue weighted by molar-refractivity contribution is 9.09. The van der Waals surface area contributed by atoms with E-state index in [1.165, 1.54) is 77.0 Å². The number of ether oxygens (including phenoxy) is 1. The van der Waals surface area contributed by atoms with Crippen molar-refractivity contribution in [1.29, 1.82) is 0 Å². The molecule has 0 bridgehead atoms. The Morgan fingerprint density at radius 1 is 0.609 bits per heavy atom. The van der Waals surface area contributed by atoms with Crippen molar-refractivity contribution in [2.45, 2.75) is 127 Å². The summed E-state index contributed by atoms with van der Waals surface area (Å²) in [6.07, 6.45) is 16.4. The Kier molecular flexibility index (Phi) is 17.0. The first-order chi connectivity index (χ1) is 11.0. The highest BCUT2D eigenvalue weighted by Crippen LogP contribution is 2.24. The maximum Gasteiger partial charge on any atom is 0.0701 e. The van der Waals surface area contributed by atoms with E-state index in [0.29, 0.717) is 21.9 Å². The van der Waals surface area contributed by atoms with Crippen molar-refractivity contribution in [3.05, 3.63) is 0 Å². The van der Waals surface area contributed by atoms with Crippen LogP contribution in [-0.2, 0) is 4.74 Å². The topological polar surface area (TPSA) is 9.23 Å². The molecular weight excluding hydrogens is 416 g/mol. The van der Waals surface area contributed by atoms with Crippen LogP contribution in [-0.4, -0.2) is 21.9 Å². The van der Waals surface area contributed by atoms with Crippen LogP contribution in [0.4, 0.5) is 0 Å². The van der Waals surface area contributed by atoms with Gasteiger partial charge in [-0.3, -0.25) is 0 Å². The fourth-order valence-corrected chi connectivity index (χ4v) is 3.71. The zero-order valence-corrected chi connectivity index (χ0v) is 19.1. The molecule has 0 aromatic carbocycles. The van der Waals surface area contributed by atoms with Gasteiger partial charge in [0.2, 0.25) is 0 Å². The third kappa shape index (κ3) is 13.8. The van der Waals surface area contributed by atoms with Gasteiger partial charge in [0.15, 0.2) is 0 Å². The Hall–Kier alpha value is 0.920. The summed E-state index contributed by atoms with van der Waals surface area (Å²) in [6, 6.07) is 0. The minimum Gasteiger partial charge on any atom is -0.373 e. The summed E-state index contributed by atoms with van der Waals surface area (Å²) in [7, 11) is 0. The summed E-state index contributed by atoms with van der Waals surface area (Å²) < 4.78 is 6.49. The summed E-state index contributed by atoms with van der Waals surface area (Å²) in [5.41, 5.74) is 0. The molecule has 3 heteroatoms. The van der Waals surface area contributed by atoms with Gasteiger partial charge in [-0.15, -0.1) is 0 Å². The van der Waals surface area contributed by atoms with E-state index >= 15 is 0 Å². The van der Waals surface area contributed by atoms with Crippen molar-refractivity contribution in [1.82, 2.24) is 0 Å². The van der Waals surface area contributed by atoms with E-state index in [0.717, 1.165) is 0 Å². The van der Waals surface area contributed by atoms with E-state index in [9.17, 15) is 0 Å². The third-order valence-electron chi connectivity index (χ3n) is 4.56. The van der Waals surface area contributed by atoms with Crippen LogP contribution in [0.3, 0.4) is 0 Å². The highest BCUT2D eigenvalue weighted by Gasteiger charge is 2.23. The average Bonchev–Trinajstić information content (AvgIpc) is 2.51. The number of hydrogen-bond donors (Lipinski definition) is 0. The molecule has 23 heavy (non-hydrogen) atoms. The van der Waals surface area contributed by atoms with Crippen LogP contribution < -0.4 is 0 Å². The summed E-state index contributed by atoms with van der Waals surface area (Å²) in [5.74, 6) is 0. The fourth-order valence-electron chi connectivity index (χ4n) is 2.93. The monoisotopic (exact) mass is 454 g/mol. The van der Waals surface area contributed by atoms with E-state index in [1.54, 1.807) is 0 Å². The molecule has 0 aliphatic rings. The maximum atomic E-state index is 6.49. The first-order valence-electron chi connectivity index (χ1n) is 9.96. The Labute approximate surface area is 163 Å². The molecular formula is C20H40Br2O. The molecule has 140 valence electrons. The molecule has 0 aliphatic heterocycles. The number of alkyl halides is 2. The minimum absolute atomic E-state index is 0.345. The third-order valence-corrected chi connectivity index (χ3v) is 5.74. The van der Waals surface area contributed by atoms with Crippen molar-refractivity contribution in [3.63, 3.8) is 0 Å². The van der Waals surface area contributed by atoms with Crippen LogP contribution in [0.2, 0.25) is 0 Å². The zero-order chi connectivity index (χ0) is 17.5. The zero-order valence-electron chi connectivity index (χ0n) is 16.0. The highest BCUT2D eigenvalue weighted by atomic mass is 79.9. The van der Waals surface area contributed by atoms with Crippen molar-refractivity contribution in [2.24, 2.45) is 0 Å². The molecule has 4 unspecified atom stereocenters. The lowest BCUT2D eigenvalue weighted by molar-refractivity contribution is -0.0181. The predicted octanol–water partition coefficient (Wildman–Crippen LogP) is 8.03. The second kappa shape index (κ2) is 16.4. The number of rotatable bonds is 16.